The molecular formula is C8H14N2O. The van der Waals surface area contributed by atoms with Gasteiger partial charge in [0.05, 0.1) is 6.61 Å². The van der Waals surface area contributed by atoms with Crippen molar-refractivity contribution in [1.82, 2.24) is 10.3 Å². The molecule has 1 unspecified atom stereocenters. The minimum Gasteiger partial charge on any atom is -0.395 e. The largest absolute Gasteiger partial charge is 0.395 e. The van der Waals surface area contributed by atoms with E-state index in [0.717, 1.165) is 6.54 Å². The zero-order valence-electron chi connectivity index (χ0n) is 6.67. The molecule has 1 aromatic heterocycles. The van der Waals surface area contributed by atoms with Crippen LogP contribution >= 0.6 is 0 Å². The average Bonchev–Trinajstić information content (AvgIpc) is 2.52. The van der Waals surface area contributed by atoms with Gasteiger partial charge in [0.25, 0.3) is 0 Å². The van der Waals surface area contributed by atoms with Gasteiger partial charge in [-0.3, -0.25) is 0 Å². The number of aliphatic hydroxyl groups is 1. The lowest BCUT2D eigenvalue weighted by molar-refractivity contribution is 0.251. The zero-order valence-corrected chi connectivity index (χ0v) is 6.67. The smallest absolute Gasteiger partial charge is 0.0582 e. The van der Waals surface area contributed by atoms with Crippen molar-refractivity contribution in [2.45, 2.75) is 19.5 Å². The van der Waals surface area contributed by atoms with Crippen molar-refractivity contribution in [2.24, 2.45) is 0 Å². The number of hydrogen-bond donors (Lipinski definition) is 3. The van der Waals surface area contributed by atoms with Gasteiger partial charge in [0.1, 0.15) is 0 Å². The first-order valence-corrected chi connectivity index (χ1v) is 3.79. The van der Waals surface area contributed by atoms with Crippen LogP contribution in [0.5, 0.6) is 0 Å². The Hall–Kier alpha value is -0.800. The van der Waals surface area contributed by atoms with Crippen LogP contribution < -0.4 is 5.32 Å². The second-order valence-electron chi connectivity index (χ2n) is 2.68. The highest BCUT2D eigenvalue weighted by Crippen LogP contribution is 1.95. The summed E-state index contributed by atoms with van der Waals surface area (Å²) in [5, 5.41) is 11.9. The lowest BCUT2D eigenvalue weighted by Crippen LogP contribution is -2.28. The fourth-order valence-electron chi connectivity index (χ4n) is 0.825. The molecule has 1 heterocycles. The fraction of sp³-hybridized carbons (Fsp3) is 0.500. The Morgan fingerprint density at radius 3 is 3.09 bits per heavy atom. The summed E-state index contributed by atoms with van der Waals surface area (Å²) in [7, 11) is 0. The lowest BCUT2D eigenvalue weighted by Gasteiger charge is -2.08. The van der Waals surface area contributed by atoms with Crippen LogP contribution in [0.15, 0.2) is 18.5 Å². The molecule has 0 fully saturated rings. The maximum atomic E-state index is 8.69. The third-order valence-electron chi connectivity index (χ3n) is 1.59. The molecule has 0 radical (unpaired) electrons. The van der Waals surface area contributed by atoms with Crippen LogP contribution in [0.25, 0.3) is 0 Å². The maximum Gasteiger partial charge on any atom is 0.0582 e. The Kier molecular flexibility index (Phi) is 3.14. The van der Waals surface area contributed by atoms with Gasteiger partial charge in [-0.15, -0.1) is 0 Å². The molecule has 3 nitrogen and oxygen atoms in total. The van der Waals surface area contributed by atoms with Crippen LogP contribution in [-0.4, -0.2) is 22.7 Å². The Morgan fingerprint density at radius 2 is 2.55 bits per heavy atom. The normalized spacial score (nSPS) is 13.3. The number of aromatic amines is 1. The van der Waals surface area contributed by atoms with E-state index in [-0.39, 0.29) is 12.6 Å². The minimum atomic E-state index is 0.171. The van der Waals surface area contributed by atoms with E-state index in [2.05, 4.69) is 10.3 Å². The third kappa shape index (κ3) is 2.74. The summed E-state index contributed by atoms with van der Waals surface area (Å²) in [6.07, 6.45) is 3.83. The molecule has 0 amide bonds. The predicted molar refractivity (Wildman–Crippen MR) is 44.2 cm³/mol. The van der Waals surface area contributed by atoms with Crippen LogP contribution in [0, 0.1) is 0 Å². The summed E-state index contributed by atoms with van der Waals surface area (Å²) in [5.41, 5.74) is 1.21. The summed E-state index contributed by atoms with van der Waals surface area (Å²) >= 11 is 0. The van der Waals surface area contributed by atoms with E-state index in [0.29, 0.717) is 0 Å². The summed E-state index contributed by atoms with van der Waals surface area (Å²) < 4.78 is 0. The van der Waals surface area contributed by atoms with E-state index in [1.807, 2.05) is 25.4 Å². The zero-order chi connectivity index (χ0) is 8.10. The number of aliphatic hydroxyl groups excluding tert-OH is 1. The molecule has 0 aliphatic rings. The second kappa shape index (κ2) is 4.16. The molecule has 0 bridgehead atoms. The van der Waals surface area contributed by atoms with Crippen molar-refractivity contribution in [2.75, 3.05) is 6.61 Å². The Balaban J connectivity index is 2.23. The Labute approximate surface area is 66.4 Å². The fourth-order valence-corrected chi connectivity index (χ4v) is 0.825. The van der Waals surface area contributed by atoms with Crippen LogP contribution in [-0.2, 0) is 6.54 Å². The number of rotatable bonds is 4. The van der Waals surface area contributed by atoms with Crippen molar-refractivity contribution >= 4 is 0 Å². The van der Waals surface area contributed by atoms with Gasteiger partial charge in [0, 0.05) is 25.0 Å². The number of hydrogen-bond acceptors (Lipinski definition) is 2. The average molecular weight is 154 g/mol. The molecular weight excluding hydrogens is 140 g/mol. The standard InChI is InChI=1S/C8H14N2O/c1-7(6-11)10-5-8-2-3-9-4-8/h2-4,7,9-11H,5-6H2,1H3. The van der Waals surface area contributed by atoms with Crippen LogP contribution in [0.4, 0.5) is 0 Å². The van der Waals surface area contributed by atoms with E-state index >= 15 is 0 Å². The Morgan fingerprint density at radius 1 is 1.73 bits per heavy atom. The van der Waals surface area contributed by atoms with Gasteiger partial charge in [-0.05, 0) is 18.6 Å². The molecule has 0 aliphatic carbocycles. The molecule has 3 heteroatoms. The van der Waals surface area contributed by atoms with E-state index in [1.165, 1.54) is 5.56 Å². The minimum absolute atomic E-state index is 0.171. The SMILES string of the molecule is CC(CO)NCc1cc[nH]c1. The third-order valence-corrected chi connectivity index (χ3v) is 1.59. The highest BCUT2D eigenvalue weighted by molar-refractivity contribution is 5.07. The first-order chi connectivity index (χ1) is 5.33. The molecule has 62 valence electrons. The summed E-state index contributed by atoms with van der Waals surface area (Å²) in [6, 6.07) is 2.18. The molecule has 11 heavy (non-hydrogen) atoms. The van der Waals surface area contributed by atoms with Crippen molar-refractivity contribution in [3.05, 3.63) is 24.0 Å². The highest BCUT2D eigenvalue weighted by Gasteiger charge is 1.97. The van der Waals surface area contributed by atoms with E-state index in [4.69, 9.17) is 5.11 Å². The van der Waals surface area contributed by atoms with Gasteiger partial charge in [-0.2, -0.15) is 0 Å². The number of nitrogens with one attached hydrogen (secondary N) is 2. The van der Waals surface area contributed by atoms with E-state index in [9.17, 15) is 0 Å². The number of H-pyrrole nitrogens is 1. The lowest BCUT2D eigenvalue weighted by atomic mass is 10.3. The monoisotopic (exact) mass is 154 g/mol. The predicted octanol–water partition coefficient (Wildman–Crippen LogP) is 0.485. The van der Waals surface area contributed by atoms with Gasteiger partial charge in [-0.1, -0.05) is 0 Å². The molecule has 0 saturated heterocycles. The van der Waals surface area contributed by atoms with Crippen molar-refractivity contribution in [3.8, 4) is 0 Å². The van der Waals surface area contributed by atoms with Crippen molar-refractivity contribution in [3.63, 3.8) is 0 Å². The van der Waals surface area contributed by atoms with Crippen molar-refractivity contribution < 1.29 is 5.11 Å². The maximum absolute atomic E-state index is 8.69. The molecule has 0 aromatic carbocycles. The molecule has 1 rings (SSSR count). The molecule has 0 spiro atoms. The summed E-state index contributed by atoms with van der Waals surface area (Å²) in [4.78, 5) is 2.97. The first kappa shape index (κ1) is 8.30. The highest BCUT2D eigenvalue weighted by atomic mass is 16.3. The topological polar surface area (TPSA) is 48.0 Å². The quantitative estimate of drug-likeness (QED) is 0.591. The van der Waals surface area contributed by atoms with Gasteiger partial charge in [0.2, 0.25) is 0 Å². The molecule has 1 atom stereocenters. The van der Waals surface area contributed by atoms with Gasteiger partial charge < -0.3 is 15.4 Å². The van der Waals surface area contributed by atoms with Crippen molar-refractivity contribution in [1.29, 1.82) is 0 Å². The van der Waals surface area contributed by atoms with Gasteiger partial charge in [-0.25, -0.2) is 0 Å². The summed E-state index contributed by atoms with van der Waals surface area (Å²) in [6.45, 7) is 2.95. The van der Waals surface area contributed by atoms with E-state index < -0.39 is 0 Å². The molecule has 0 saturated carbocycles. The van der Waals surface area contributed by atoms with Gasteiger partial charge in [0.15, 0.2) is 0 Å². The van der Waals surface area contributed by atoms with E-state index in [1.54, 1.807) is 0 Å². The Bertz CT molecular complexity index is 184. The summed E-state index contributed by atoms with van der Waals surface area (Å²) in [5.74, 6) is 0. The molecule has 0 aliphatic heterocycles. The van der Waals surface area contributed by atoms with Gasteiger partial charge >= 0.3 is 0 Å². The number of aromatic nitrogens is 1. The first-order valence-electron chi connectivity index (χ1n) is 3.79. The van der Waals surface area contributed by atoms with Crippen LogP contribution in [0.3, 0.4) is 0 Å². The van der Waals surface area contributed by atoms with Crippen LogP contribution in [0.2, 0.25) is 0 Å². The van der Waals surface area contributed by atoms with Crippen LogP contribution in [0.1, 0.15) is 12.5 Å². The molecule has 3 N–H and O–H groups in total. The second-order valence-corrected chi connectivity index (χ2v) is 2.68. The molecule has 1 aromatic rings.